The van der Waals surface area contributed by atoms with Gasteiger partial charge < -0.3 is 15.7 Å². The molecule has 0 fully saturated rings. The summed E-state index contributed by atoms with van der Waals surface area (Å²) in [5, 5.41) is 14.0. The Hall–Kier alpha value is -0.770. The lowest BCUT2D eigenvalue weighted by Gasteiger charge is -2.15. The Bertz CT molecular complexity index is 128. The third-order valence-corrected chi connectivity index (χ3v) is 1.64. The molecule has 0 aromatic heterocycles. The largest absolute Gasteiger partial charge is 0.396 e. The molecule has 0 aromatic rings. The van der Waals surface area contributed by atoms with Crippen LogP contribution in [0.15, 0.2) is 0 Å². The lowest BCUT2D eigenvalue weighted by molar-refractivity contribution is 0.228. The zero-order valence-corrected chi connectivity index (χ0v) is 7.76. The second kappa shape index (κ2) is 6.91. The van der Waals surface area contributed by atoms with Gasteiger partial charge in [0.2, 0.25) is 0 Å². The van der Waals surface area contributed by atoms with E-state index in [4.69, 9.17) is 5.11 Å². The van der Waals surface area contributed by atoms with Crippen LogP contribution >= 0.6 is 0 Å². The summed E-state index contributed by atoms with van der Waals surface area (Å²) >= 11 is 0. The molecule has 3 N–H and O–H groups in total. The van der Waals surface area contributed by atoms with E-state index in [1.54, 1.807) is 0 Å². The minimum absolute atomic E-state index is 0.0848. The summed E-state index contributed by atoms with van der Waals surface area (Å²) in [5.74, 6) is 0. The van der Waals surface area contributed by atoms with Gasteiger partial charge in [-0.15, -0.1) is 0 Å². The van der Waals surface area contributed by atoms with Crippen molar-refractivity contribution >= 4 is 6.03 Å². The summed E-state index contributed by atoms with van der Waals surface area (Å²) in [4.78, 5) is 11.0. The summed E-state index contributed by atoms with van der Waals surface area (Å²) in [6.07, 6.45) is 1.46. The van der Waals surface area contributed by atoms with E-state index in [1.165, 1.54) is 0 Å². The number of aliphatic hydroxyl groups excluding tert-OH is 1. The fourth-order valence-electron chi connectivity index (χ4n) is 0.931. The first-order chi connectivity index (χ1) is 5.74. The van der Waals surface area contributed by atoms with Crippen LogP contribution in [-0.4, -0.2) is 30.3 Å². The van der Waals surface area contributed by atoms with Crippen molar-refractivity contribution in [1.29, 1.82) is 0 Å². The first-order valence-corrected chi connectivity index (χ1v) is 4.39. The van der Waals surface area contributed by atoms with Crippen molar-refractivity contribution in [2.45, 2.75) is 32.7 Å². The average molecular weight is 174 g/mol. The molecular weight excluding hydrogens is 156 g/mol. The fraction of sp³-hybridized carbons (Fsp3) is 0.875. The van der Waals surface area contributed by atoms with E-state index in [2.05, 4.69) is 10.6 Å². The molecule has 0 aromatic carbocycles. The van der Waals surface area contributed by atoms with Gasteiger partial charge in [0.15, 0.2) is 0 Å². The molecule has 0 rings (SSSR count). The summed E-state index contributed by atoms with van der Waals surface area (Å²) in [6.45, 7) is 4.59. The van der Waals surface area contributed by atoms with Crippen LogP contribution < -0.4 is 10.6 Å². The van der Waals surface area contributed by atoms with Gasteiger partial charge in [-0.3, -0.25) is 0 Å². The number of urea groups is 1. The maximum atomic E-state index is 11.0. The summed E-state index contributed by atoms with van der Waals surface area (Å²) in [6, 6.07) is -0.0700. The number of aliphatic hydroxyl groups is 1. The Morgan fingerprint density at radius 3 is 2.58 bits per heavy atom. The van der Waals surface area contributed by atoms with Crippen molar-refractivity contribution in [3.63, 3.8) is 0 Å². The highest BCUT2D eigenvalue weighted by atomic mass is 16.3. The van der Waals surface area contributed by atoms with Gasteiger partial charge in [0, 0.05) is 19.2 Å². The number of carbonyl (C=O) groups excluding carboxylic acids is 1. The molecule has 0 saturated heterocycles. The number of hydrogen-bond acceptors (Lipinski definition) is 2. The Kier molecular flexibility index (Phi) is 6.47. The van der Waals surface area contributed by atoms with Crippen molar-refractivity contribution in [2.75, 3.05) is 13.2 Å². The van der Waals surface area contributed by atoms with Gasteiger partial charge in [-0.1, -0.05) is 6.92 Å². The summed E-state index contributed by atoms with van der Waals surface area (Å²) < 4.78 is 0. The SMILES string of the molecule is CCNC(=O)NC(CC)CCO. The van der Waals surface area contributed by atoms with Gasteiger partial charge in [-0.25, -0.2) is 4.79 Å². The molecule has 2 amide bonds. The normalized spacial score (nSPS) is 12.2. The zero-order valence-electron chi connectivity index (χ0n) is 7.76. The van der Waals surface area contributed by atoms with E-state index >= 15 is 0 Å². The van der Waals surface area contributed by atoms with Crippen LogP contribution in [0.25, 0.3) is 0 Å². The van der Waals surface area contributed by atoms with Crippen molar-refractivity contribution in [3.8, 4) is 0 Å². The predicted molar refractivity (Wildman–Crippen MR) is 48.0 cm³/mol. The Balaban J connectivity index is 3.61. The quantitative estimate of drug-likeness (QED) is 0.567. The van der Waals surface area contributed by atoms with Crippen molar-refractivity contribution in [3.05, 3.63) is 0 Å². The molecule has 0 saturated carbocycles. The summed E-state index contributed by atoms with van der Waals surface area (Å²) in [5.41, 5.74) is 0. The van der Waals surface area contributed by atoms with Crippen LogP contribution in [0.5, 0.6) is 0 Å². The molecule has 0 heterocycles. The minimum Gasteiger partial charge on any atom is -0.396 e. The van der Waals surface area contributed by atoms with E-state index in [9.17, 15) is 4.79 Å². The molecule has 1 unspecified atom stereocenters. The zero-order chi connectivity index (χ0) is 9.40. The maximum Gasteiger partial charge on any atom is 0.314 e. The number of amides is 2. The molecule has 0 radical (unpaired) electrons. The molecule has 0 bridgehead atoms. The first-order valence-electron chi connectivity index (χ1n) is 4.39. The summed E-state index contributed by atoms with van der Waals surface area (Å²) in [7, 11) is 0. The van der Waals surface area contributed by atoms with Crippen LogP contribution in [0, 0.1) is 0 Å². The third-order valence-electron chi connectivity index (χ3n) is 1.64. The number of rotatable bonds is 5. The average Bonchev–Trinajstić information content (AvgIpc) is 2.04. The third kappa shape index (κ3) is 4.96. The molecule has 12 heavy (non-hydrogen) atoms. The first kappa shape index (κ1) is 11.2. The lowest BCUT2D eigenvalue weighted by Crippen LogP contribution is -2.42. The highest BCUT2D eigenvalue weighted by molar-refractivity contribution is 5.74. The molecule has 4 nitrogen and oxygen atoms in total. The van der Waals surface area contributed by atoms with Crippen LogP contribution in [0.1, 0.15) is 26.7 Å². The van der Waals surface area contributed by atoms with Crippen LogP contribution in [0.3, 0.4) is 0 Å². The molecule has 72 valence electrons. The molecule has 4 heteroatoms. The number of hydrogen-bond donors (Lipinski definition) is 3. The molecule has 0 spiro atoms. The van der Waals surface area contributed by atoms with Crippen LogP contribution in [0.4, 0.5) is 4.79 Å². The highest BCUT2D eigenvalue weighted by Gasteiger charge is 2.07. The molecule has 0 aliphatic heterocycles. The highest BCUT2D eigenvalue weighted by Crippen LogP contribution is 1.95. The van der Waals surface area contributed by atoms with Gasteiger partial charge in [-0.2, -0.15) is 0 Å². The van der Waals surface area contributed by atoms with Crippen LogP contribution in [0.2, 0.25) is 0 Å². The molecule has 1 atom stereocenters. The lowest BCUT2D eigenvalue weighted by atomic mass is 10.2. The van der Waals surface area contributed by atoms with Crippen molar-refractivity contribution in [2.24, 2.45) is 0 Å². The van der Waals surface area contributed by atoms with E-state index in [0.717, 1.165) is 6.42 Å². The molecule has 0 aliphatic rings. The Morgan fingerprint density at radius 1 is 1.50 bits per heavy atom. The van der Waals surface area contributed by atoms with E-state index in [1.807, 2.05) is 13.8 Å². The standard InChI is InChI=1S/C8H18N2O2/c1-3-7(5-6-11)10-8(12)9-4-2/h7,11H,3-6H2,1-2H3,(H2,9,10,12). The Labute approximate surface area is 73.3 Å². The second-order valence-corrected chi connectivity index (χ2v) is 2.62. The topological polar surface area (TPSA) is 61.4 Å². The van der Waals surface area contributed by atoms with Crippen LogP contribution in [-0.2, 0) is 0 Å². The monoisotopic (exact) mass is 174 g/mol. The van der Waals surface area contributed by atoms with Gasteiger partial charge in [-0.05, 0) is 19.8 Å². The Morgan fingerprint density at radius 2 is 2.17 bits per heavy atom. The van der Waals surface area contributed by atoms with Gasteiger partial charge >= 0.3 is 6.03 Å². The van der Waals surface area contributed by atoms with Gasteiger partial charge in [0.1, 0.15) is 0 Å². The number of carbonyl (C=O) groups is 1. The van der Waals surface area contributed by atoms with E-state index in [-0.39, 0.29) is 18.7 Å². The molecular formula is C8H18N2O2. The maximum absolute atomic E-state index is 11.0. The smallest absolute Gasteiger partial charge is 0.314 e. The fourth-order valence-corrected chi connectivity index (χ4v) is 0.931. The van der Waals surface area contributed by atoms with E-state index in [0.29, 0.717) is 13.0 Å². The predicted octanol–water partition coefficient (Wildman–Crippen LogP) is 0.466. The van der Waals surface area contributed by atoms with Gasteiger partial charge in [0.25, 0.3) is 0 Å². The molecule has 0 aliphatic carbocycles. The van der Waals surface area contributed by atoms with Gasteiger partial charge in [0.05, 0.1) is 0 Å². The second-order valence-electron chi connectivity index (χ2n) is 2.62. The minimum atomic E-state index is -0.155. The van der Waals surface area contributed by atoms with Crippen molar-refractivity contribution in [1.82, 2.24) is 10.6 Å². The van der Waals surface area contributed by atoms with E-state index < -0.39 is 0 Å². The number of nitrogens with one attached hydrogen (secondary N) is 2. The van der Waals surface area contributed by atoms with Crippen molar-refractivity contribution < 1.29 is 9.90 Å².